The van der Waals surface area contributed by atoms with E-state index < -0.39 is 0 Å². The zero-order valence-corrected chi connectivity index (χ0v) is 11.7. The Hall–Kier alpha value is -2.01. The van der Waals surface area contributed by atoms with Crippen molar-refractivity contribution in [2.24, 2.45) is 0 Å². The van der Waals surface area contributed by atoms with Crippen molar-refractivity contribution >= 4 is 21.6 Å². The highest BCUT2D eigenvalue weighted by molar-refractivity contribution is 7.18. The maximum Gasteiger partial charge on any atom is 0.262 e. The smallest absolute Gasteiger partial charge is 0.262 e. The second-order valence-electron chi connectivity index (χ2n) is 5.08. The van der Waals surface area contributed by atoms with Gasteiger partial charge in [-0.3, -0.25) is 14.3 Å². The molecular formula is C15H13N3OS. The maximum atomic E-state index is 12.7. The van der Waals surface area contributed by atoms with E-state index in [4.69, 9.17) is 0 Å². The van der Waals surface area contributed by atoms with Gasteiger partial charge >= 0.3 is 0 Å². The summed E-state index contributed by atoms with van der Waals surface area (Å²) in [6.07, 6.45) is 8.45. The Labute approximate surface area is 119 Å². The summed E-state index contributed by atoms with van der Waals surface area (Å²) in [5, 5.41) is 0.842. The first kappa shape index (κ1) is 11.8. The summed E-state index contributed by atoms with van der Waals surface area (Å²) in [5.74, 6) is 0. The van der Waals surface area contributed by atoms with E-state index in [2.05, 4.69) is 9.97 Å². The van der Waals surface area contributed by atoms with E-state index in [1.807, 2.05) is 12.1 Å². The van der Waals surface area contributed by atoms with E-state index in [-0.39, 0.29) is 5.56 Å². The molecule has 0 saturated heterocycles. The molecule has 0 radical (unpaired) electrons. The Morgan fingerprint density at radius 1 is 1.35 bits per heavy atom. The average Bonchev–Trinajstić information content (AvgIpc) is 3.03. The summed E-state index contributed by atoms with van der Waals surface area (Å²) in [6, 6.07) is 3.86. The molecule has 100 valence electrons. The molecule has 3 heterocycles. The summed E-state index contributed by atoms with van der Waals surface area (Å²) >= 11 is 1.68. The van der Waals surface area contributed by atoms with Crippen LogP contribution in [0.4, 0.5) is 0 Å². The second-order valence-corrected chi connectivity index (χ2v) is 6.16. The van der Waals surface area contributed by atoms with E-state index in [0.29, 0.717) is 6.54 Å². The molecule has 0 unspecified atom stereocenters. The van der Waals surface area contributed by atoms with Crippen LogP contribution < -0.4 is 5.56 Å². The largest absolute Gasteiger partial charge is 0.294 e. The van der Waals surface area contributed by atoms with Crippen molar-refractivity contribution in [3.05, 3.63) is 57.2 Å². The summed E-state index contributed by atoms with van der Waals surface area (Å²) < 4.78 is 1.69. The van der Waals surface area contributed by atoms with Gasteiger partial charge in [-0.2, -0.15) is 0 Å². The minimum absolute atomic E-state index is 0.0817. The molecule has 4 nitrogen and oxygen atoms in total. The number of nitrogens with zero attached hydrogens (tertiary/aromatic N) is 3. The fourth-order valence-corrected chi connectivity index (χ4v) is 4.04. The average molecular weight is 283 g/mol. The van der Waals surface area contributed by atoms with Crippen LogP contribution in [0.15, 0.2) is 35.6 Å². The van der Waals surface area contributed by atoms with Crippen molar-refractivity contribution in [1.82, 2.24) is 14.5 Å². The lowest BCUT2D eigenvalue weighted by atomic mass is 10.2. The van der Waals surface area contributed by atoms with Gasteiger partial charge in [-0.05, 0) is 36.5 Å². The van der Waals surface area contributed by atoms with E-state index in [9.17, 15) is 4.79 Å². The van der Waals surface area contributed by atoms with Crippen LogP contribution in [0.2, 0.25) is 0 Å². The first-order valence-corrected chi connectivity index (χ1v) is 7.53. The molecule has 0 saturated carbocycles. The second kappa shape index (κ2) is 4.52. The SMILES string of the molecule is O=c1c2c3c(sc2ncn1Cc1cccnc1)CCC3. The van der Waals surface area contributed by atoms with Gasteiger partial charge in [0.15, 0.2) is 0 Å². The highest BCUT2D eigenvalue weighted by Gasteiger charge is 2.21. The fraction of sp³-hybridized carbons (Fsp3) is 0.267. The van der Waals surface area contributed by atoms with Gasteiger partial charge in [-0.25, -0.2) is 4.98 Å². The van der Waals surface area contributed by atoms with E-state index in [0.717, 1.165) is 35.0 Å². The number of aryl methyl sites for hydroxylation is 2. The highest BCUT2D eigenvalue weighted by Crippen LogP contribution is 2.34. The van der Waals surface area contributed by atoms with Gasteiger partial charge in [0.2, 0.25) is 0 Å². The number of pyridine rings is 1. The number of rotatable bonds is 2. The molecule has 3 aromatic heterocycles. The normalized spacial score (nSPS) is 13.8. The molecule has 0 atom stereocenters. The van der Waals surface area contributed by atoms with Crippen LogP contribution in [0.5, 0.6) is 0 Å². The van der Waals surface area contributed by atoms with Crippen molar-refractivity contribution < 1.29 is 0 Å². The van der Waals surface area contributed by atoms with Crippen molar-refractivity contribution in [2.75, 3.05) is 0 Å². The molecule has 1 aliphatic rings. The van der Waals surface area contributed by atoms with Gasteiger partial charge in [0.1, 0.15) is 4.83 Å². The van der Waals surface area contributed by atoms with Crippen LogP contribution in [-0.4, -0.2) is 14.5 Å². The molecular weight excluding hydrogens is 270 g/mol. The number of hydrogen-bond acceptors (Lipinski definition) is 4. The van der Waals surface area contributed by atoms with Crippen LogP contribution in [-0.2, 0) is 19.4 Å². The maximum absolute atomic E-state index is 12.7. The summed E-state index contributed by atoms with van der Waals surface area (Å²) in [7, 11) is 0. The lowest BCUT2D eigenvalue weighted by molar-refractivity contribution is 0.745. The van der Waals surface area contributed by atoms with Crippen molar-refractivity contribution in [1.29, 1.82) is 0 Å². The monoisotopic (exact) mass is 283 g/mol. The van der Waals surface area contributed by atoms with Gasteiger partial charge in [0, 0.05) is 17.3 Å². The third kappa shape index (κ3) is 1.78. The number of aromatic nitrogens is 3. The zero-order valence-electron chi connectivity index (χ0n) is 10.9. The van der Waals surface area contributed by atoms with Crippen LogP contribution in [0.1, 0.15) is 22.4 Å². The standard InChI is InChI=1S/C15H13N3OS/c19-15-13-11-4-1-5-12(11)20-14(13)17-9-18(15)8-10-3-2-6-16-7-10/h2-3,6-7,9H,1,4-5,8H2. The first-order chi connectivity index (χ1) is 9.83. The van der Waals surface area contributed by atoms with E-state index in [1.165, 1.54) is 10.4 Å². The van der Waals surface area contributed by atoms with Crippen LogP contribution >= 0.6 is 11.3 Å². The molecule has 3 aromatic rings. The minimum Gasteiger partial charge on any atom is -0.294 e. The van der Waals surface area contributed by atoms with Gasteiger partial charge in [0.25, 0.3) is 5.56 Å². The number of fused-ring (bicyclic) bond motifs is 3. The summed E-state index contributed by atoms with van der Waals surface area (Å²) in [5.41, 5.74) is 2.34. The van der Waals surface area contributed by atoms with E-state index in [1.54, 1.807) is 34.6 Å². The number of thiophene rings is 1. The first-order valence-electron chi connectivity index (χ1n) is 6.71. The van der Waals surface area contributed by atoms with Crippen LogP contribution in [0.25, 0.3) is 10.2 Å². The molecule has 4 rings (SSSR count). The minimum atomic E-state index is 0.0817. The Kier molecular flexibility index (Phi) is 2.67. The summed E-state index contributed by atoms with van der Waals surface area (Å²) in [4.78, 5) is 23.5. The van der Waals surface area contributed by atoms with Gasteiger partial charge in [-0.15, -0.1) is 11.3 Å². The molecule has 0 N–H and O–H groups in total. The lowest BCUT2D eigenvalue weighted by Crippen LogP contribution is -2.21. The quantitative estimate of drug-likeness (QED) is 0.725. The molecule has 5 heteroatoms. The Bertz CT molecular complexity index is 835. The molecule has 0 aliphatic heterocycles. The van der Waals surface area contributed by atoms with Crippen LogP contribution in [0.3, 0.4) is 0 Å². The van der Waals surface area contributed by atoms with Gasteiger partial charge < -0.3 is 0 Å². The molecule has 0 bridgehead atoms. The van der Waals surface area contributed by atoms with Crippen molar-refractivity contribution in [2.45, 2.75) is 25.8 Å². The topological polar surface area (TPSA) is 47.8 Å². The highest BCUT2D eigenvalue weighted by atomic mass is 32.1. The molecule has 0 fully saturated rings. The van der Waals surface area contributed by atoms with Gasteiger partial charge in [0.05, 0.1) is 18.3 Å². The fourth-order valence-electron chi connectivity index (χ4n) is 2.82. The molecule has 0 spiro atoms. The predicted molar refractivity (Wildman–Crippen MR) is 79.2 cm³/mol. The van der Waals surface area contributed by atoms with E-state index >= 15 is 0 Å². The van der Waals surface area contributed by atoms with Crippen LogP contribution in [0, 0.1) is 0 Å². The predicted octanol–water partition coefficient (Wildman–Crippen LogP) is 2.39. The third-order valence-corrected chi connectivity index (χ3v) is 4.97. The number of hydrogen-bond donors (Lipinski definition) is 0. The molecule has 1 aliphatic carbocycles. The van der Waals surface area contributed by atoms with Gasteiger partial charge in [-0.1, -0.05) is 6.07 Å². The zero-order chi connectivity index (χ0) is 13.5. The Morgan fingerprint density at radius 2 is 2.30 bits per heavy atom. The molecule has 0 aromatic carbocycles. The van der Waals surface area contributed by atoms with Crippen molar-refractivity contribution in [3.63, 3.8) is 0 Å². The summed E-state index contributed by atoms with van der Waals surface area (Å²) in [6.45, 7) is 0.528. The molecule has 20 heavy (non-hydrogen) atoms. The Morgan fingerprint density at radius 3 is 3.15 bits per heavy atom. The molecule has 0 amide bonds. The third-order valence-electron chi connectivity index (χ3n) is 3.77. The Balaban J connectivity index is 1.85. The lowest BCUT2D eigenvalue weighted by Gasteiger charge is -2.05. The van der Waals surface area contributed by atoms with Crippen molar-refractivity contribution in [3.8, 4) is 0 Å².